The number of anilines is 1. The van der Waals surface area contributed by atoms with Gasteiger partial charge in [-0.1, -0.05) is 18.2 Å². The Morgan fingerprint density at radius 2 is 1.89 bits per heavy atom. The Hall–Kier alpha value is -3.56. The summed E-state index contributed by atoms with van der Waals surface area (Å²) in [5.41, 5.74) is 4.74. The van der Waals surface area contributed by atoms with E-state index in [9.17, 15) is 14.4 Å². The number of ether oxygens (including phenoxy) is 1. The van der Waals surface area contributed by atoms with Gasteiger partial charge in [0.15, 0.2) is 5.11 Å². The van der Waals surface area contributed by atoms with Gasteiger partial charge in [-0.15, -0.1) is 11.3 Å². The number of aryl methyl sites for hydroxylation is 2. The van der Waals surface area contributed by atoms with Gasteiger partial charge < -0.3 is 9.30 Å². The van der Waals surface area contributed by atoms with Gasteiger partial charge in [0.25, 0.3) is 11.8 Å². The molecule has 0 bridgehead atoms. The fraction of sp³-hybridized carbons (Fsp3) is 0.286. The molecule has 1 aliphatic heterocycles. The molecule has 1 saturated heterocycles. The average Bonchev–Trinajstić information content (AvgIpc) is 3.38. The van der Waals surface area contributed by atoms with Crippen LogP contribution >= 0.6 is 23.6 Å². The highest BCUT2D eigenvalue weighted by molar-refractivity contribution is 7.80. The van der Waals surface area contributed by atoms with Crippen molar-refractivity contribution in [2.75, 3.05) is 11.5 Å². The second-order valence-electron chi connectivity index (χ2n) is 9.07. The van der Waals surface area contributed by atoms with E-state index >= 15 is 0 Å². The second kappa shape index (κ2) is 10.1. The summed E-state index contributed by atoms with van der Waals surface area (Å²) in [7, 11) is 0. The Bertz CT molecular complexity index is 1470. The number of thiophene rings is 1. The second-order valence-corrected chi connectivity index (χ2v) is 10.5. The minimum absolute atomic E-state index is 0.00575. The zero-order chi connectivity index (χ0) is 26.3. The Balaban J connectivity index is 1.59. The van der Waals surface area contributed by atoms with Crippen LogP contribution in [0, 0.1) is 13.8 Å². The minimum atomic E-state index is -0.536. The predicted molar refractivity (Wildman–Crippen MR) is 148 cm³/mol. The number of amides is 2. The van der Waals surface area contributed by atoms with Crippen molar-refractivity contribution in [1.82, 2.24) is 9.88 Å². The molecule has 0 unspecified atom stereocenters. The van der Waals surface area contributed by atoms with Crippen LogP contribution in [-0.4, -0.2) is 34.1 Å². The third-order valence-electron chi connectivity index (χ3n) is 6.72. The number of hydrogen-bond donors (Lipinski definition) is 1. The van der Waals surface area contributed by atoms with Crippen molar-refractivity contribution in [2.24, 2.45) is 0 Å². The highest BCUT2D eigenvalue weighted by Gasteiger charge is 2.35. The molecule has 1 aromatic carbocycles. The standard InChI is InChI=1S/C28H27N3O4S2/c1-4-35-27(34)23-20-12-8-9-13-22(20)37-26(23)30-16(2)14-18(17(30)3)15-21-24(32)29-28(36)31(25(21)33)19-10-6-5-7-11-19/h5-7,10-11,14-15H,4,8-9,12-13H2,1-3H3,(H,29,32,36)/b21-15-. The highest BCUT2D eigenvalue weighted by atomic mass is 32.1. The number of para-hydroxylation sites is 1. The summed E-state index contributed by atoms with van der Waals surface area (Å²) in [5, 5.41) is 3.51. The van der Waals surface area contributed by atoms with Gasteiger partial charge in [0, 0.05) is 16.3 Å². The minimum Gasteiger partial charge on any atom is -0.462 e. The lowest BCUT2D eigenvalue weighted by Gasteiger charge is -2.28. The van der Waals surface area contributed by atoms with Crippen LogP contribution in [0.3, 0.4) is 0 Å². The number of nitrogens with one attached hydrogen (secondary N) is 1. The van der Waals surface area contributed by atoms with E-state index in [0.717, 1.165) is 53.2 Å². The molecule has 0 spiro atoms. The molecule has 37 heavy (non-hydrogen) atoms. The molecule has 190 valence electrons. The van der Waals surface area contributed by atoms with E-state index in [1.165, 1.54) is 9.78 Å². The first-order chi connectivity index (χ1) is 17.8. The number of thiocarbonyl (C=S) groups is 1. The predicted octanol–water partition coefficient (Wildman–Crippen LogP) is 5.04. The smallest absolute Gasteiger partial charge is 0.341 e. The van der Waals surface area contributed by atoms with Crippen LogP contribution in [-0.2, 0) is 27.2 Å². The first-order valence-electron chi connectivity index (χ1n) is 12.3. The van der Waals surface area contributed by atoms with Crippen LogP contribution in [0.5, 0.6) is 0 Å². The van der Waals surface area contributed by atoms with Crippen molar-refractivity contribution in [3.8, 4) is 5.00 Å². The third-order valence-corrected chi connectivity index (χ3v) is 8.28. The van der Waals surface area contributed by atoms with Crippen molar-refractivity contribution < 1.29 is 19.1 Å². The Labute approximate surface area is 224 Å². The van der Waals surface area contributed by atoms with Gasteiger partial charge in [0.1, 0.15) is 10.6 Å². The van der Waals surface area contributed by atoms with Crippen molar-refractivity contribution >= 4 is 58.2 Å². The lowest BCUT2D eigenvalue weighted by atomic mass is 9.95. The molecule has 1 aliphatic carbocycles. The molecule has 2 amide bonds. The van der Waals surface area contributed by atoms with Crippen molar-refractivity contribution in [1.29, 1.82) is 0 Å². The number of benzene rings is 1. The lowest BCUT2D eigenvalue weighted by molar-refractivity contribution is -0.122. The number of carbonyl (C=O) groups excluding carboxylic acids is 3. The molecule has 5 rings (SSSR count). The molecule has 1 N–H and O–H groups in total. The normalized spacial score (nSPS) is 16.7. The van der Waals surface area contributed by atoms with Crippen LogP contribution in [0.25, 0.3) is 11.1 Å². The largest absolute Gasteiger partial charge is 0.462 e. The van der Waals surface area contributed by atoms with Crippen LogP contribution in [0.4, 0.5) is 5.69 Å². The van der Waals surface area contributed by atoms with Gasteiger partial charge in [-0.25, -0.2) is 4.79 Å². The molecule has 2 aromatic heterocycles. The van der Waals surface area contributed by atoms with Crippen LogP contribution in [0.2, 0.25) is 0 Å². The van der Waals surface area contributed by atoms with Crippen LogP contribution < -0.4 is 10.2 Å². The summed E-state index contributed by atoms with van der Waals surface area (Å²) >= 11 is 6.92. The molecule has 9 heteroatoms. The SMILES string of the molecule is CCOC(=O)c1c(-n2c(C)cc(/C=C3/C(=O)NC(=S)N(c4ccccc4)C3=O)c2C)sc2c1CCCC2. The number of aromatic nitrogens is 1. The van der Waals surface area contributed by atoms with Gasteiger partial charge in [0.2, 0.25) is 0 Å². The lowest BCUT2D eigenvalue weighted by Crippen LogP contribution is -2.54. The van der Waals surface area contributed by atoms with Gasteiger partial charge in [-0.05, 0) is 94.1 Å². The fourth-order valence-electron chi connectivity index (χ4n) is 4.99. The maximum absolute atomic E-state index is 13.4. The zero-order valence-corrected chi connectivity index (χ0v) is 22.6. The number of hydrogen-bond acceptors (Lipinski definition) is 6. The van der Waals surface area contributed by atoms with Crippen molar-refractivity contribution in [2.45, 2.75) is 46.5 Å². The van der Waals surface area contributed by atoms with E-state index in [-0.39, 0.29) is 16.7 Å². The van der Waals surface area contributed by atoms with Crippen LogP contribution in [0.1, 0.15) is 57.5 Å². The Morgan fingerprint density at radius 1 is 1.16 bits per heavy atom. The third kappa shape index (κ3) is 4.42. The molecule has 0 saturated carbocycles. The molecular weight excluding hydrogens is 506 g/mol. The van der Waals surface area contributed by atoms with E-state index in [4.69, 9.17) is 17.0 Å². The molecule has 3 aromatic rings. The fourth-order valence-corrected chi connectivity index (χ4v) is 6.76. The van der Waals surface area contributed by atoms with Gasteiger partial charge in [-0.3, -0.25) is 19.8 Å². The highest BCUT2D eigenvalue weighted by Crippen LogP contribution is 2.39. The number of nitrogens with zero attached hydrogens (tertiary/aromatic N) is 2. The maximum atomic E-state index is 13.4. The summed E-state index contributed by atoms with van der Waals surface area (Å²) in [6.07, 6.45) is 5.57. The van der Waals surface area contributed by atoms with E-state index in [0.29, 0.717) is 17.9 Å². The van der Waals surface area contributed by atoms with Crippen molar-refractivity contribution in [3.05, 3.63) is 74.9 Å². The van der Waals surface area contributed by atoms with Crippen LogP contribution in [0.15, 0.2) is 42.0 Å². The molecular formula is C28H27N3O4S2. The average molecular weight is 534 g/mol. The monoisotopic (exact) mass is 533 g/mol. The Kier molecular flexibility index (Phi) is 6.83. The van der Waals surface area contributed by atoms with E-state index in [2.05, 4.69) is 5.32 Å². The quantitative estimate of drug-likeness (QED) is 0.215. The molecule has 1 fully saturated rings. The summed E-state index contributed by atoms with van der Waals surface area (Å²) < 4.78 is 7.48. The van der Waals surface area contributed by atoms with E-state index in [1.807, 2.05) is 37.5 Å². The topological polar surface area (TPSA) is 80.6 Å². The number of rotatable bonds is 5. The molecule has 7 nitrogen and oxygen atoms in total. The molecule has 2 aliphatic rings. The first-order valence-corrected chi connectivity index (χ1v) is 13.5. The molecule has 0 radical (unpaired) electrons. The number of carbonyl (C=O) groups is 3. The zero-order valence-electron chi connectivity index (χ0n) is 20.9. The van der Waals surface area contributed by atoms with Gasteiger partial charge in [-0.2, -0.15) is 0 Å². The summed E-state index contributed by atoms with van der Waals surface area (Å²) in [4.78, 5) is 41.9. The summed E-state index contributed by atoms with van der Waals surface area (Å²) in [6, 6.07) is 10.9. The van der Waals surface area contributed by atoms with E-state index in [1.54, 1.807) is 41.7 Å². The maximum Gasteiger partial charge on any atom is 0.341 e. The van der Waals surface area contributed by atoms with Crippen molar-refractivity contribution in [3.63, 3.8) is 0 Å². The van der Waals surface area contributed by atoms with Gasteiger partial charge in [0.05, 0.1) is 17.9 Å². The summed E-state index contributed by atoms with van der Waals surface area (Å²) in [5.74, 6) is -1.33. The molecule has 0 atom stereocenters. The number of fused-ring (bicyclic) bond motifs is 1. The Morgan fingerprint density at radius 3 is 2.62 bits per heavy atom. The number of esters is 1. The van der Waals surface area contributed by atoms with E-state index < -0.39 is 11.8 Å². The first kappa shape index (κ1) is 25.1. The summed E-state index contributed by atoms with van der Waals surface area (Å²) in [6.45, 7) is 6.00. The molecule has 3 heterocycles. The van der Waals surface area contributed by atoms with Gasteiger partial charge >= 0.3 is 5.97 Å².